The summed E-state index contributed by atoms with van der Waals surface area (Å²) in [6.07, 6.45) is -2.70. The van der Waals surface area contributed by atoms with Crippen molar-refractivity contribution in [2.75, 3.05) is 0 Å². The van der Waals surface area contributed by atoms with Gasteiger partial charge in [0.25, 0.3) is 0 Å². The number of halogens is 8. The summed E-state index contributed by atoms with van der Waals surface area (Å²) in [5.41, 5.74) is 0.669. The van der Waals surface area contributed by atoms with Crippen LogP contribution >= 0.6 is 0 Å². The highest BCUT2D eigenvalue weighted by Gasteiger charge is 2.34. The Morgan fingerprint density at radius 1 is 0.711 bits per heavy atom. The third-order valence-corrected chi connectivity index (χ3v) is 6.02. The fourth-order valence-corrected chi connectivity index (χ4v) is 4.25. The maximum absolute atomic E-state index is 15.2. The molecule has 0 aliphatic rings. The number of fused-ring (bicyclic) bond motifs is 1. The Balaban J connectivity index is 1.57. The fraction of sp³-hybridized carbons (Fsp3) is 0.172. The van der Waals surface area contributed by atoms with E-state index in [9.17, 15) is 30.7 Å². The van der Waals surface area contributed by atoms with Gasteiger partial charge >= 0.3 is 6.36 Å². The Hall–Kier alpha value is -3.88. The molecular formula is C29H20F8O. The summed E-state index contributed by atoms with van der Waals surface area (Å²) in [6, 6.07) is 11.1. The molecule has 0 aromatic heterocycles. The SMILES string of the molecule is C=CCCc1cc(F)c(-c2ccc3c(F)c(CCc4cc(F)c(OC(F)(F)F)c(F)c4)ccc3c2)c(F)c1. The molecule has 0 N–H and O–H groups in total. The van der Waals surface area contributed by atoms with Gasteiger partial charge in [-0.3, -0.25) is 0 Å². The summed E-state index contributed by atoms with van der Waals surface area (Å²) >= 11 is 0. The van der Waals surface area contributed by atoms with E-state index in [0.717, 1.165) is 0 Å². The second kappa shape index (κ2) is 10.8. The van der Waals surface area contributed by atoms with E-state index in [-0.39, 0.29) is 40.5 Å². The highest BCUT2D eigenvalue weighted by Crippen LogP contribution is 2.33. The molecular weight excluding hydrogens is 516 g/mol. The van der Waals surface area contributed by atoms with Crippen LogP contribution < -0.4 is 4.74 Å². The minimum absolute atomic E-state index is 0.00635. The molecule has 0 unspecified atom stereocenters. The molecule has 0 heterocycles. The molecule has 0 saturated heterocycles. The van der Waals surface area contributed by atoms with Gasteiger partial charge in [0, 0.05) is 5.39 Å². The summed E-state index contributed by atoms with van der Waals surface area (Å²) in [4.78, 5) is 0. The molecule has 0 atom stereocenters. The van der Waals surface area contributed by atoms with Crippen LogP contribution in [0, 0.1) is 29.1 Å². The number of ether oxygens (including phenoxy) is 1. The average Bonchev–Trinajstić information content (AvgIpc) is 2.83. The molecule has 4 rings (SSSR count). The van der Waals surface area contributed by atoms with Crippen molar-refractivity contribution in [1.82, 2.24) is 0 Å². The van der Waals surface area contributed by atoms with Crippen LogP contribution in [0.1, 0.15) is 23.1 Å². The maximum atomic E-state index is 15.2. The lowest BCUT2D eigenvalue weighted by Crippen LogP contribution is -2.19. The van der Waals surface area contributed by atoms with Gasteiger partial charge in [0.1, 0.15) is 17.5 Å². The zero-order valence-corrected chi connectivity index (χ0v) is 19.7. The Labute approximate surface area is 213 Å². The molecule has 0 aliphatic carbocycles. The van der Waals surface area contributed by atoms with Crippen LogP contribution in [0.15, 0.2) is 67.3 Å². The number of hydrogen-bond donors (Lipinski definition) is 0. The van der Waals surface area contributed by atoms with E-state index >= 15 is 4.39 Å². The van der Waals surface area contributed by atoms with Crippen molar-refractivity contribution >= 4 is 10.8 Å². The lowest BCUT2D eigenvalue weighted by Gasteiger charge is -2.13. The standard InChI is InChI=1S/C29H20F8O/c1-2-3-4-16-11-22(30)26(23(31)12-16)20-9-10-21-19(15-20)8-7-18(27(21)34)6-5-17-13-24(32)28(25(33)14-17)38-29(35,36)37/h2,7-15H,1,3-6H2. The first-order valence-electron chi connectivity index (χ1n) is 11.5. The summed E-state index contributed by atoms with van der Waals surface area (Å²) in [5, 5.41) is 0.546. The first-order valence-corrected chi connectivity index (χ1v) is 11.5. The van der Waals surface area contributed by atoms with Gasteiger partial charge < -0.3 is 4.74 Å². The number of allylic oxidation sites excluding steroid dienone is 1. The normalized spacial score (nSPS) is 11.7. The van der Waals surface area contributed by atoms with E-state index in [2.05, 4.69) is 11.3 Å². The van der Waals surface area contributed by atoms with E-state index in [0.29, 0.717) is 35.9 Å². The average molecular weight is 536 g/mol. The summed E-state index contributed by atoms with van der Waals surface area (Å²) in [7, 11) is 0. The van der Waals surface area contributed by atoms with Crippen molar-refractivity contribution in [2.45, 2.75) is 32.0 Å². The molecule has 4 aromatic carbocycles. The van der Waals surface area contributed by atoms with E-state index < -0.39 is 41.2 Å². The van der Waals surface area contributed by atoms with Crippen LogP contribution in [0.2, 0.25) is 0 Å². The molecule has 0 spiro atoms. The van der Waals surface area contributed by atoms with Crippen LogP contribution in [-0.4, -0.2) is 6.36 Å². The summed E-state index contributed by atoms with van der Waals surface area (Å²) < 4.78 is 113. The molecule has 38 heavy (non-hydrogen) atoms. The monoisotopic (exact) mass is 536 g/mol. The fourth-order valence-electron chi connectivity index (χ4n) is 4.25. The largest absolute Gasteiger partial charge is 0.573 e. The van der Waals surface area contributed by atoms with Crippen LogP contribution in [0.25, 0.3) is 21.9 Å². The van der Waals surface area contributed by atoms with Crippen molar-refractivity contribution in [3.8, 4) is 16.9 Å². The van der Waals surface area contributed by atoms with Crippen LogP contribution in [0.4, 0.5) is 35.1 Å². The zero-order chi connectivity index (χ0) is 27.6. The van der Waals surface area contributed by atoms with E-state index in [1.165, 1.54) is 36.4 Å². The molecule has 0 saturated carbocycles. The van der Waals surface area contributed by atoms with Gasteiger partial charge in [0.2, 0.25) is 5.75 Å². The Morgan fingerprint density at radius 3 is 1.92 bits per heavy atom. The molecule has 198 valence electrons. The van der Waals surface area contributed by atoms with Gasteiger partial charge in [0.05, 0.1) is 5.56 Å². The smallest absolute Gasteiger partial charge is 0.399 e. The molecule has 9 heteroatoms. The highest BCUT2D eigenvalue weighted by atomic mass is 19.4. The topological polar surface area (TPSA) is 9.23 Å². The minimum Gasteiger partial charge on any atom is -0.399 e. The zero-order valence-electron chi connectivity index (χ0n) is 19.7. The Bertz CT molecular complexity index is 1460. The van der Waals surface area contributed by atoms with Gasteiger partial charge in [-0.2, -0.15) is 0 Å². The van der Waals surface area contributed by atoms with E-state index in [1.54, 1.807) is 12.1 Å². The van der Waals surface area contributed by atoms with E-state index in [1.807, 2.05) is 0 Å². The second-order valence-corrected chi connectivity index (χ2v) is 8.67. The molecule has 0 fully saturated rings. The Kier molecular flexibility index (Phi) is 7.76. The highest BCUT2D eigenvalue weighted by molar-refractivity contribution is 5.88. The quantitative estimate of drug-likeness (QED) is 0.161. The number of benzene rings is 4. The predicted octanol–water partition coefficient (Wildman–Crippen LogP) is 9.00. The Morgan fingerprint density at radius 2 is 1.32 bits per heavy atom. The van der Waals surface area contributed by atoms with Crippen molar-refractivity contribution in [3.63, 3.8) is 0 Å². The first kappa shape index (κ1) is 27.2. The predicted molar refractivity (Wildman–Crippen MR) is 128 cm³/mol. The summed E-state index contributed by atoms with van der Waals surface area (Å²) in [5.74, 6) is -6.74. The van der Waals surface area contributed by atoms with Gasteiger partial charge in [0.15, 0.2) is 11.6 Å². The first-order chi connectivity index (χ1) is 18.0. The lowest BCUT2D eigenvalue weighted by molar-refractivity contribution is -0.276. The number of aryl methyl sites for hydroxylation is 3. The van der Waals surface area contributed by atoms with Gasteiger partial charge in [-0.25, -0.2) is 22.0 Å². The van der Waals surface area contributed by atoms with Crippen LogP contribution in [0.5, 0.6) is 5.75 Å². The third-order valence-electron chi connectivity index (χ3n) is 6.02. The molecule has 1 nitrogen and oxygen atoms in total. The van der Waals surface area contributed by atoms with E-state index in [4.69, 9.17) is 0 Å². The molecule has 0 amide bonds. The van der Waals surface area contributed by atoms with Crippen molar-refractivity contribution < 1.29 is 39.9 Å². The minimum atomic E-state index is -5.26. The lowest BCUT2D eigenvalue weighted by atomic mass is 9.95. The second-order valence-electron chi connectivity index (χ2n) is 8.67. The molecule has 0 bridgehead atoms. The van der Waals surface area contributed by atoms with Gasteiger partial charge in [-0.15, -0.1) is 19.8 Å². The molecule has 0 aliphatic heterocycles. The van der Waals surface area contributed by atoms with Crippen molar-refractivity contribution in [1.29, 1.82) is 0 Å². The number of hydrogen-bond acceptors (Lipinski definition) is 1. The van der Waals surface area contributed by atoms with Crippen molar-refractivity contribution in [2.24, 2.45) is 0 Å². The van der Waals surface area contributed by atoms with Gasteiger partial charge in [-0.05, 0) is 83.7 Å². The number of rotatable bonds is 8. The molecule has 0 radical (unpaired) electrons. The number of alkyl halides is 3. The maximum Gasteiger partial charge on any atom is 0.573 e. The van der Waals surface area contributed by atoms with Crippen LogP contribution in [0.3, 0.4) is 0 Å². The van der Waals surface area contributed by atoms with Gasteiger partial charge in [-0.1, -0.05) is 30.3 Å². The van der Waals surface area contributed by atoms with Crippen molar-refractivity contribution in [3.05, 3.63) is 113 Å². The molecule has 4 aromatic rings. The summed E-state index contributed by atoms with van der Waals surface area (Å²) in [6.45, 7) is 3.59. The van der Waals surface area contributed by atoms with Crippen LogP contribution in [-0.2, 0) is 19.3 Å². The third kappa shape index (κ3) is 5.98.